The number of nitrogen functional groups attached to an aromatic ring is 1. The summed E-state index contributed by atoms with van der Waals surface area (Å²) in [5.41, 5.74) is 6.85. The summed E-state index contributed by atoms with van der Waals surface area (Å²) in [5.74, 6) is -1.17. The Labute approximate surface area is 133 Å². The molecule has 22 heavy (non-hydrogen) atoms. The molecule has 0 fully saturated rings. The van der Waals surface area contributed by atoms with Gasteiger partial charge in [0.15, 0.2) is 0 Å². The van der Waals surface area contributed by atoms with Crippen molar-refractivity contribution in [2.24, 2.45) is 0 Å². The molecule has 0 amide bonds. The van der Waals surface area contributed by atoms with Crippen molar-refractivity contribution < 1.29 is 18.3 Å². The van der Waals surface area contributed by atoms with Crippen LogP contribution in [0.2, 0.25) is 5.02 Å². The number of nitrogens with zero attached hydrogens (tertiary/aromatic N) is 1. The fraction of sp³-hybridized carbons (Fsp3) is 0.214. The van der Waals surface area contributed by atoms with Crippen molar-refractivity contribution in [2.45, 2.75) is 30.2 Å². The Morgan fingerprint density at radius 3 is 2.32 bits per heavy atom. The molecule has 0 saturated heterocycles. The molecule has 8 heteroatoms. The third kappa shape index (κ3) is 2.69. The second kappa shape index (κ2) is 5.66. The van der Waals surface area contributed by atoms with Gasteiger partial charge < -0.3 is 15.4 Å². The predicted octanol–water partition coefficient (Wildman–Crippen LogP) is 2.26. The minimum atomic E-state index is -3.85. The number of halogens is 1. The monoisotopic (exact) mass is 342 g/mol. The van der Waals surface area contributed by atoms with Crippen LogP contribution in [0.15, 0.2) is 34.1 Å². The highest BCUT2D eigenvalue weighted by Crippen LogP contribution is 2.33. The van der Waals surface area contributed by atoms with Gasteiger partial charge in [-0.25, -0.2) is 8.42 Å². The number of hydrogen-bond acceptors (Lipinski definition) is 4. The maximum atomic E-state index is 12.8. The molecular formula is C14H15ClN2O4S. The van der Waals surface area contributed by atoms with Crippen LogP contribution in [0.3, 0.4) is 0 Å². The van der Waals surface area contributed by atoms with Crippen LogP contribution in [0.5, 0.6) is 0 Å². The molecule has 2 rings (SSSR count). The van der Waals surface area contributed by atoms with Gasteiger partial charge in [-0.1, -0.05) is 11.6 Å². The van der Waals surface area contributed by atoms with E-state index < -0.39 is 22.4 Å². The molecule has 0 bridgehead atoms. The topological polar surface area (TPSA) is 102 Å². The van der Waals surface area contributed by atoms with E-state index in [1.165, 1.54) is 28.8 Å². The SMILES string of the molecule is Cc1c(S(=O)(=O)c2ccc(Cl)cc2)c(N)n(CC(=O)O)c1C. The lowest BCUT2D eigenvalue weighted by atomic mass is 10.3. The molecule has 6 nitrogen and oxygen atoms in total. The third-order valence-corrected chi connectivity index (χ3v) is 5.70. The molecule has 118 valence electrons. The van der Waals surface area contributed by atoms with Gasteiger partial charge in [0.25, 0.3) is 0 Å². The smallest absolute Gasteiger partial charge is 0.323 e. The van der Waals surface area contributed by atoms with Gasteiger partial charge in [0, 0.05) is 10.7 Å². The first-order valence-electron chi connectivity index (χ1n) is 6.34. The van der Waals surface area contributed by atoms with E-state index in [9.17, 15) is 13.2 Å². The van der Waals surface area contributed by atoms with Crippen LogP contribution >= 0.6 is 11.6 Å². The Balaban J connectivity index is 2.66. The normalized spacial score (nSPS) is 11.6. The lowest BCUT2D eigenvalue weighted by Gasteiger charge is -2.07. The molecule has 2 aromatic rings. The highest BCUT2D eigenvalue weighted by molar-refractivity contribution is 7.91. The summed E-state index contributed by atoms with van der Waals surface area (Å²) in [6.07, 6.45) is 0. The molecule has 1 heterocycles. The Hall–Kier alpha value is -1.99. The highest BCUT2D eigenvalue weighted by atomic mass is 35.5. The van der Waals surface area contributed by atoms with Crippen molar-refractivity contribution in [3.8, 4) is 0 Å². The van der Waals surface area contributed by atoms with E-state index in [4.69, 9.17) is 22.4 Å². The van der Waals surface area contributed by atoms with Gasteiger partial charge in [0.05, 0.1) is 4.90 Å². The largest absolute Gasteiger partial charge is 0.480 e. The lowest BCUT2D eigenvalue weighted by molar-refractivity contribution is -0.137. The number of aromatic nitrogens is 1. The van der Waals surface area contributed by atoms with Crippen molar-refractivity contribution in [1.82, 2.24) is 4.57 Å². The standard InChI is InChI=1S/C14H15ClN2O4S/c1-8-9(2)17(7-12(18)19)14(16)13(8)22(20,21)11-5-3-10(15)4-6-11/h3-6H,7,16H2,1-2H3,(H,18,19). The van der Waals surface area contributed by atoms with Crippen molar-refractivity contribution >= 4 is 33.2 Å². The van der Waals surface area contributed by atoms with Crippen LogP contribution in [-0.2, 0) is 21.2 Å². The highest BCUT2D eigenvalue weighted by Gasteiger charge is 2.28. The van der Waals surface area contributed by atoms with E-state index in [-0.39, 0.29) is 15.6 Å². The summed E-state index contributed by atoms with van der Waals surface area (Å²) in [7, 11) is -3.85. The first-order valence-corrected chi connectivity index (χ1v) is 8.20. The molecule has 0 radical (unpaired) electrons. The number of anilines is 1. The van der Waals surface area contributed by atoms with Gasteiger partial charge >= 0.3 is 5.97 Å². The first kappa shape index (κ1) is 16.4. The Bertz CT molecular complexity index is 839. The van der Waals surface area contributed by atoms with Gasteiger partial charge in [-0.15, -0.1) is 0 Å². The number of benzene rings is 1. The summed E-state index contributed by atoms with van der Waals surface area (Å²) < 4.78 is 26.8. The summed E-state index contributed by atoms with van der Waals surface area (Å²) in [5, 5.41) is 9.35. The van der Waals surface area contributed by atoms with E-state index >= 15 is 0 Å². The minimum Gasteiger partial charge on any atom is -0.480 e. The summed E-state index contributed by atoms with van der Waals surface area (Å²) >= 11 is 5.77. The zero-order chi connectivity index (χ0) is 16.7. The van der Waals surface area contributed by atoms with Crippen LogP contribution in [0.25, 0.3) is 0 Å². The zero-order valence-corrected chi connectivity index (χ0v) is 13.6. The Morgan fingerprint density at radius 2 is 1.82 bits per heavy atom. The summed E-state index contributed by atoms with van der Waals surface area (Å²) in [4.78, 5) is 10.9. The number of carbonyl (C=O) groups is 1. The van der Waals surface area contributed by atoms with Gasteiger partial charge in [0.1, 0.15) is 17.3 Å². The van der Waals surface area contributed by atoms with Gasteiger partial charge in [-0.2, -0.15) is 0 Å². The number of carboxylic acid groups (broad SMARTS) is 1. The fourth-order valence-corrected chi connectivity index (χ4v) is 4.06. The molecule has 0 atom stereocenters. The molecule has 0 aliphatic rings. The van der Waals surface area contributed by atoms with Crippen molar-refractivity contribution in [2.75, 3.05) is 5.73 Å². The second-order valence-corrected chi connectivity index (χ2v) is 7.18. The number of aliphatic carboxylic acids is 1. The van der Waals surface area contributed by atoms with Gasteiger partial charge in [-0.05, 0) is 43.7 Å². The molecule has 0 spiro atoms. The van der Waals surface area contributed by atoms with Crippen LogP contribution in [0.1, 0.15) is 11.3 Å². The number of sulfone groups is 1. The summed E-state index contributed by atoms with van der Waals surface area (Å²) in [6.45, 7) is 2.84. The van der Waals surface area contributed by atoms with Crippen molar-refractivity contribution in [3.63, 3.8) is 0 Å². The van der Waals surface area contributed by atoms with E-state index in [0.29, 0.717) is 16.3 Å². The predicted molar refractivity (Wildman–Crippen MR) is 82.9 cm³/mol. The van der Waals surface area contributed by atoms with Crippen LogP contribution in [0, 0.1) is 13.8 Å². The molecule has 0 aliphatic carbocycles. The number of rotatable bonds is 4. The van der Waals surface area contributed by atoms with Crippen molar-refractivity contribution in [1.29, 1.82) is 0 Å². The molecule has 3 N–H and O–H groups in total. The van der Waals surface area contributed by atoms with Crippen LogP contribution in [0.4, 0.5) is 5.82 Å². The molecule has 1 aromatic carbocycles. The average Bonchev–Trinajstić information content (AvgIpc) is 2.63. The quantitative estimate of drug-likeness (QED) is 0.887. The maximum Gasteiger partial charge on any atom is 0.323 e. The number of nitrogens with two attached hydrogens (primary N) is 1. The first-order chi connectivity index (χ1) is 10.2. The zero-order valence-electron chi connectivity index (χ0n) is 12.0. The summed E-state index contributed by atoms with van der Waals surface area (Å²) in [6, 6.07) is 5.73. The number of carboxylic acids is 1. The molecule has 0 unspecified atom stereocenters. The van der Waals surface area contributed by atoms with Crippen LogP contribution < -0.4 is 5.73 Å². The molecule has 0 saturated carbocycles. The fourth-order valence-electron chi connectivity index (χ4n) is 2.27. The molecule has 1 aromatic heterocycles. The maximum absolute atomic E-state index is 12.8. The molecule has 0 aliphatic heterocycles. The lowest BCUT2D eigenvalue weighted by Crippen LogP contribution is -2.13. The Kier molecular flexibility index (Phi) is 4.21. The van der Waals surface area contributed by atoms with E-state index in [2.05, 4.69) is 0 Å². The molecular weight excluding hydrogens is 328 g/mol. The third-order valence-electron chi connectivity index (χ3n) is 3.50. The number of hydrogen-bond donors (Lipinski definition) is 2. The van der Waals surface area contributed by atoms with E-state index in [1.54, 1.807) is 13.8 Å². The minimum absolute atomic E-state index is 0.0548. The average molecular weight is 343 g/mol. The van der Waals surface area contributed by atoms with Gasteiger partial charge in [0.2, 0.25) is 9.84 Å². The van der Waals surface area contributed by atoms with Gasteiger partial charge in [-0.3, -0.25) is 4.79 Å². The van der Waals surface area contributed by atoms with E-state index in [1.807, 2.05) is 0 Å². The van der Waals surface area contributed by atoms with Crippen LogP contribution in [-0.4, -0.2) is 24.1 Å². The second-order valence-electron chi connectivity index (χ2n) is 4.86. The van der Waals surface area contributed by atoms with Crippen molar-refractivity contribution in [3.05, 3.63) is 40.5 Å². The van der Waals surface area contributed by atoms with E-state index in [0.717, 1.165) is 0 Å². The Morgan fingerprint density at radius 1 is 1.27 bits per heavy atom.